The summed E-state index contributed by atoms with van der Waals surface area (Å²) in [6.07, 6.45) is 1.35. The number of anilines is 1. The Hall–Kier alpha value is -2.87. The minimum Gasteiger partial charge on any atom is -0.427 e. The number of hydrogen-bond acceptors (Lipinski definition) is 7. The number of benzene rings is 1. The van der Waals surface area contributed by atoms with Gasteiger partial charge in [-0.1, -0.05) is 0 Å². The number of rotatable bonds is 4. The predicted octanol–water partition coefficient (Wildman–Crippen LogP) is 1.99. The van der Waals surface area contributed by atoms with E-state index in [0.717, 1.165) is 43.3 Å². The highest BCUT2D eigenvalue weighted by Gasteiger charge is 2.19. The van der Waals surface area contributed by atoms with Gasteiger partial charge in [0.2, 0.25) is 12.3 Å². The average molecular weight is 340 g/mol. The zero-order chi connectivity index (χ0) is 17.1. The molecule has 8 heteroatoms. The van der Waals surface area contributed by atoms with Crippen LogP contribution in [0.5, 0.6) is 0 Å². The van der Waals surface area contributed by atoms with Crippen molar-refractivity contribution in [3.63, 3.8) is 0 Å². The van der Waals surface area contributed by atoms with Gasteiger partial charge >= 0.3 is 0 Å². The van der Waals surface area contributed by atoms with Crippen LogP contribution in [0.15, 0.2) is 47.2 Å². The first-order valence-electron chi connectivity index (χ1n) is 8.10. The molecule has 0 N–H and O–H groups in total. The van der Waals surface area contributed by atoms with E-state index in [9.17, 15) is 4.39 Å². The molecule has 3 heterocycles. The van der Waals surface area contributed by atoms with E-state index in [0.29, 0.717) is 12.4 Å². The molecule has 0 saturated carbocycles. The second kappa shape index (κ2) is 6.94. The van der Waals surface area contributed by atoms with Crippen molar-refractivity contribution >= 4 is 5.82 Å². The average Bonchev–Trinajstić information content (AvgIpc) is 3.16. The van der Waals surface area contributed by atoms with E-state index >= 15 is 0 Å². The first-order chi connectivity index (χ1) is 12.3. The van der Waals surface area contributed by atoms with E-state index in [1.807, 2.05) is 12.1 Å². The Bertz CT molecular complexity index is 798. The van der Waals surface area contributed by atoms with E-state index < -0.39 is 0 Å². The van der Waals surface area contributed by atoms with Crippen LogP contribution >= 0.6 is 0 Å². The molecule has 1 fully saturated rings. The standard InChI is InChI=1S/C17H17FN6O/c18-14-3-1-13(2-4-14)15-5-6-16(21-20-15)24-9-7-23(8-10-24)11-17-22-19-12-25-17/h1-6,12H,7-11H2. The van der Waals surface area contributed by atoms with Gasteiger partial charge in [-0.2, -0.15) is 0 Å². The second-order valence-electron chi connectivity index (χ2n) is 5.88. The lowest BCUT2D eigenvalue weighted by atomic mass is 10.1. The van der Waals surface area contributed by atoms with Crippen molar-refractivity contribution in [1.82, 2.24) is 25.3 Å². The van der Waals surface area contributed by atoms with E-state index in [1.54, 1.807) is 12.1 Å². The SMILES string of the molecule is Fc1ccc(-c2ccc(N3CCN(Cc4nnco4)CC3)nn2)cc1. The summed E-state index contributed by atoms with van der Waals surface area (Å²) in [5, 5.41) is 16.2. The molecule has 7 nitrogen and oxygen atoms in total. The first kappa shape index (κ1) is 15.6. The van der Waals surface area contributed by atoms with E-state index in [-0.39, 0.29) is 5.82 Å². The molecule has 0 atom stereocenters. The molecule has 0 unspecified atom stereocenters. The van der Waals surface area contributed by atoms with Crippen molar-refractivity contribution in [3.05, 3.63) is 54.5 Å². The van der Waals surface area contributed by atoms with Gasteiger partial charge in [-0.05, 0) is 36.4 Å². The third-order valence-electron chi connectivity index (χ3n) is 4.25. The summed E-state index contributed by atoms with van der Waals surface area (Å²) >= 11 is 0. The topological polar surface area (TPSA) is 71.2 Å². The van der Waals surface area contributed by atoms with Crippen molar-refractivity contribution < 1.29 is 8.81 Å². The molecule has 0 spiro atoms. The summed E-state index contributed by atoms with van der Waals surface area (Å²) in [6, 6.07) is 10.1. The van der Waals surface area contributed by atoms with Crippen molar-refractivity contribution in [2.75, 3.05) is 31.1 Å². The maximum absolute atomic E-state index is 13.0. The molecule has 2 aromatic heterocycles. The Labute approximate surface area is 144 Å². The summed E-state index contributed by atoms with van der Waals surface area (Å²) in [7, 11) is 0. The normalized spacial score (nSPS) is 15.5. The molecular weight excluding hydrogens is 323 g/mol. The van der Waals surface area contributed by atoms with Crippen molar-refractivity contribution in [1.29, 1.82) is 0 Å². The molecule has 4 rings (SSSR count). The van der Waals surface area contributed by atoms with Crippen molar-refractivity contribution in [3.8, 4) is 11.3 Å². The predicted molar refractivity (Wildman–Crippen MR) is 89.2 cm³/mol. The summed E-state index contributed by atoms with van der Waals surface area (Å²) in [4.78, 5) is 4.47. The Balaban J connectivity index is 1.37. The van der Waals surface area contributed by atoms with Gasteiger partial charge in [0, 0.05) is 31.7 Å². The maximum Gasteiger partial charge on any atom is 0.230 e. The Morgan fingerprint density at radius 3 is 2.36 bits per heavy atom. The van der Waals surface area contributed by atoms with Crippen LogP contribution in [0.25, 0.3) is 11.3 Å². The molecule has 25 heavy (non-hydrogen) atoms. The van der Waals surface area contributed by atoms with Crippen LogP contribution in [0.2, 0.25) is 0 Å². The summed E-state index contributed by atoms with van der Waals surface area (Å²) in [5.74, 6) is 1.23. The number of aromatic nitrogens is 4. The Morgan fingerprint density at radius 1 is 0.920 bits per heavy atom. The molecule has 0 bridgehead atoms. The highest BCUT2D eigenvalue weighted by molar-refractivity contribution is 5.59. The van der Waals surface area contributed by atoms with Gasteiger partial charge in [-0.25, -0.2) is 4.39 Å². The molecule has 128 valence electrons. The third-order valence-corrected chi connectivity index (χ3v) is 4.25. The number of nitrogens with zero attached hydrogens (tertiary/aromatic N) is 6. The fourth-order valence-corrected chi connectivity index (χ4v) is 2.86. The van der Waals surface area contributed by atoms with Crippen molar-refractivity contribution in [2.45, 2.75) is 6.54 Å². The molecule has 1 saturated heterocycles. The molecule has 0 amide bonds. The maximum atomic E-state index is 13.0. The smallest absolute Gasteiger partial charge is 0.230 e. The molecule has 3 aromatic rings. The molecule has 0 radical (unpaired) electrons. The quantitative estimate of drug-likeness (QED) is 0.719. The van der Waals surface area contributed by atoms with Crippen LogP contribution in [0.4, 0.5) is 10.2 Å². The zero-order valence-electron chi connectivity index (χ0n) is 13.5. The van der Waals surface area contributed by atoms with Crippen LogP contribution in [0.1, 0.15) is 5.89 Å². The lowest BCUT2D eigenvalue weighted by Gasteiger charge is -2.34. The molecular formula is C17H17FN6O. The van der Waals surface area contributed by atoms with E-state index in [2.05, 4.69) is 30.2 Å². The van der Waals surface area contributed by atoms with Gasteiger partial charge in [0.1, 0.15) is 5.82 Å². The van der Waals surface area contributed by atoms with Gasteiger partial charge in [-0.15, -0.1) is 20.4 Å². The lowest BCUT2D eigenvalue weighted by Crippen LogP contribution is -2.46. The Morgan fingerprint density at radius 2 is 1.72 bits per heavy atom. The first-order valence-corrected chi connectivity index (χ1v) is 8.10. The van der Waals surface area contributed by atoms with Crippen LogP contribution in [0, 0.1) is 5.82 Å². The van der Waals surface area contributed by atoms with Gasteiger partial charge in [0.25, 0.3) is 0 Å². The van der Waals surface area contributed by atoms with Gasteiger partial charge in [-0.3, -0.25) is 4.90 Å². The molecule has 1 aliphatic rings. The number of piperazine rings is 1. The number of halogens is 1. The lowest BCUT2D eigenvalue weighted by molar-refractivity contribution is 0.225. The Kier molecular flexibility index (Phi) is 4.34. The fraction of sp³-hybridized carbons (Fsp3) is 0.294. The monoisotopic (exact) mass is 340 g/mol. The van der Waals surface area contributed by atoms with Crippen LogP contribution in [-0.4, -0.2) is 51.5 Å². The molecule has 1 aliphatic heterocycles. The van der Waals surface area contributed by atoms with E-state index in [1.165, 1.54) is 18.5 Å². The third kappa shape index (κ3) is 3.63. The fourth-order valence-electron chi connectivity index (χ4n) is 2.86. The minimum absolute atomic E-state index is 0.258. The highest BCUT2D eigenvalue weighted by Crippen LogP contribution is 2.20. The largest absolute Gasteiger partial charge is 0.427 e. The van der Waals surface area contributed by atoms with Crippen LogP contribution in [-0.2, 0) is 6.54 Å². The summed E-state index contributed by atoms with van der Waals surface area (Å²) < 4.78 is 18.2. The van der Waals surface area contributed by atoms with E-state index in [4.69, 9.17) is 4.42 Å². The highest BCUT2D eigenvalue weighted by atomic mass is 19.1. The minimum atomic E-state index is -0.258. The summed E-state index contributed by atoms with van der Waals surface area (Å²) in [6.45, 7) is 4.17. The van der Waals surface area contributed by atoms with Gasteiger partial charge in [0.05, 0.1) is 12.2 Å². The van der Waals surface area contributed by atoms with Crippen molar-refractivity contribution in [2.24, 2.45) is 0 Å². The van der Waals surface area contributed by atoms with Crippen LogP contribution in [0.3, 0.4) is 0 Å². The molecule has 1 aromatic carbocycles. The second-order valence-corrected chi connectivity index (χ2v) is 5.88. The number of hydrogen-bond donors (Lipinski definition) is 0. The van der Waals surface area contributed by atoms with Crippen LogP contribution < -0.4 is 4.90 Å². The van der Waals surface area contributed by atoms with Gasteiger partial charge in [0.15, 0.2) is 5.82 Å². The van der Waals surface area contributed by atoms with Gasteiger partial charge < -0.3 is 9.32 Å². The molecule has 0 aliphatic carbocycles. The zero-order valence-corrected chi connectivity index (χ0v) is 13.5. The summed E-state index contributed by atoms with van der Waals surface area (Å²) in [5.41, 5.74) is 1.59.